The molecule has 0 bridgehead atoms. The average Bonchev–Trinajstić information content (AvgIpc) is 3.13. The summed E-state index contributed by atoms with van der Waals surface area (Å²) in [5.41, 5.74) is 1.60. The van der Waals surface area contributed by atoms with Gasteiger partial charge in [-0.1, -0.05) is 17.3 Å². The van der Waals surface area contributed by atoms with E-state index in [2.05, 4.69) is 10.3 Å². The van der Waals surface area contributed by atoms with E-state index in [4.69, 9.17) is 4.74 Å². The van der Waals surface area contributed by atoms with E-state index < -0.39 is 0 Å². The number of hydrogen-bond donors (Lipinski definition) is 0. The average molecular weight is 275 g/mol. The van der Waals surface area contributed by atoms with E-state index in [1.807, 2.05) is 0 Å². The molecule has 2 aromatic rings. The molecular formula is C14H14FN3O2. The minimum atomic E-state index is -0.267. The van der Waals surface area contributed by atoms with Gasteiger partial charge in [0.1, 0.15) is 18.1 Å². The van der Waals surface area contributed by atoms with Crippen LogP contribution in [-0.2, 0) is 23.2 Å². The second kappa shape index (κ2) is 5.03. The van der Waals surface area contributed by atoms with E-state index in [0.717, 1.165) is 12.0 Å². The van der Waals surface area contributed by atoms with E-state index in [1.54, 1.807) is 30.1 Å². The van der Waals surface area contributed by atoms with Crippen LogP contribution >= 0.6 is 0 Å². The zero-order valence-electron chi connectivity index (χ0n) is 11.0. The minimum absolute atomic E-state index is 0.128. The maximum atomic E-state index is 12.8. The lowest BCUT2D eigenvalue weighted by molar-refractivity contribution is -0.146. The van der Waals surface area contributed by atoms with Crippen molar-refractivity contribution in [3.63, 3.8) is 0 Å². The molecule has 0 aliphatic heterocycles. The molecule has 0 N–H and O–H groups in total. The van der Waals surface area contributed by atoms with Crippen LogP contribution in [0.15, 0.2) is 30.5 Å². The number of hydrogen-bond acceptors (Lipinski definition) is 4. The quantitative estimate of drug-likeness (QED) is 0.798. The van der Waals surface area contributed by atoms with Gasteiger partial charge in [0.15, 0.2) is 0 Å². The Bertz CT molecular complexity index is 624. The van der Waals surface area contributed by atoms with Crippen molar-refractivity contribution in [1.29, 1.82) is 0 Å². The van der Waals surface area contributed by atoms with Gasteiger partial charge in [-0.15, -0.1) is 5.10 Å². The van der Waals surface area contributed by atoms with Gasteiger partial charge in [-0.3, -0.25) is 9.48 Å². The van der Waals surface area contributed by atoms with Gasteiger partial charge >= 0.3 is 5.97 Å². The summed E-state index contributed by atoms with van der Waals surface area (Å²) in [6.45, 7) is 0.138. The van der Waals surface area contributed by atoms with Crippen LogP contribution in [0.1, 0.15) is 23.6 Å². The zero-order chi connectivity index (χ0) is 14.1. The number of ether oxygens (including phenoxy) is 1. The third-order valence-corrected chi connectivity index (χ3v) is 3.40. The molecule has 1 aromatic heterocycles. The number of aromatic nitrogens is 3. The molecule has 1 aromatic carbocycles. The number of carbonyl (C=O) groups is 1. The molecule has 1 saturated carbocycles. The fourth-order valence-electron chi connectivity index (χ4n) is 2.25. The number of carbonyl (C=O) groups excluding carboxylic acids is 1. The van der Waals surface area contributed by atoms with Gasteiger partial charge in [-0.05, 0) is 30.0 Å². The second-order valence-corrected chi connectivity index (χ2v) is 4.99. The predicted octanol–water partition coefficient (Wildman–Crippen LogP) is 1.80. The van der Waals surface area contributed by atoms with Crippen molar-refractivity contribution in [1.82, 2.24) is 15.0 Å². The summed E-state index contributed by atoms with van der Waals surface area (Å²) in [5.74, 6) is -0.483. The molecule has 0 amide bonds. The van der Waals surface area contributed by atoms with Gasteiger partial charge in [0, 0.05) is 7.05 Å². The number of aryl methyl sites for hydroxylation is 1. The third kappa shape index (κ3) is 2.68. The number of halogens is 1. The van der Waals surface area contributed by atoms with Crippen molar-refractivity contribution in [2.45, 2.75) is 18.9 Å². The van der Waals surface area contributed by atoms with Crippen LogP contribution in [0, 0.1) is 11.7 Å². The van der Waals surface area contributed by atoms with Crippen LogP contribution in [-0.4, -0.2) is 21.0 Å². The first-order valence-electron chi connectivity index (χ1n) is 6.41. The smallest absolute Gasteiger partial charge is 0.309 e. The first-order chi connectivity index (χ1) is 9.63. The molecule has 2 atom stereocenters. The number of rotatable bonds is 4. The van der Waals surface area contributed by atoms with Crippen molar-refractivity contribution in [3.8, 4) is 0 Å². The highest BCUT2D eigenvalue weighted by atomic mass is 19.1. The minimum Gasteiger partial charge on any atom is -0.459 e. The third-order valence-electron chi connectivity index (χ3n) is 3.40. The fourth-order valence-corrected chi connectivity index (χ4v) is 2.25. The van der Waals surface area contributed by atoms with Crippen molar-refractivity contribution in [2.24, 2.45) is 13.0 Å². The van der Waals surface area contributed by atoms with Crippen LogP contribution < -0.4 is 0 Å². The summed E-state index contributed by atoms with van der Waals surface area (Å²) in [4.78, 5) is 11.9. The summed E-state index contributed by atoms with van der Waals surface area (Å²) >= 11 is 0. The Balaban J connectivity index is 1.53. The van der Waals surface area contributed by atoms with E-state index >= 15 is 0 Å². The van der Waals surface area contributed by atoms with Gasteiger partial charge in [-0.2, -0.15) is 0 Å². The Hall–Kier alpha value is -2.24. The zero-order valence-corrected chi connectivity index (χ0v) is 11.0. The number of nitrogens with zero attached hydrogens (tertiary/aromatic N) is 3. The van der Waals surface area contributed by atoms with Crippen LogP contribution in [0.25, 0.3) is 0 Å². The first kappa shape index (κ1) is 12.8. The highest BCUT2D eigenvalue weighted by Gasteiger charge is 2.45. The topological polar surface area (TPSA) is 57.0 Å². The molecule has 1 aliphatic carbocycles. The molecule has 0 unspecified atom stereocenters. The lowest BCUT2D eigenvalue weighted by atomic mass is 10.1. The summed E-state index contributed by atoms with van der Waals surface area (Å²) in [6, 6.07) is 6.26. The Morgan fingerprint density at radius 1 is 1.45 bits per heavy atom. The predicted molar refractivity (Wildman–Crippen MR) is 68.0 cm³/mol. The van der Waals surface area contributed by atoms with Gasteiger partial charge in [0.05, 0.1) is 12.1 Å². The largest absolute Gasteiger partial charge is 0.459 e. The lowest BCUT2D eigenvalue weighted by Gasteiger charge is -2.02. The van der Waals surface area contributed by atoms with Gasteiger partial charge in [-0.25, -0.2) is 4.39 Å². The summed E-state index contributed by atoms with van der Waals surface area (Å²) in [7, 11) is 1.75. The van der Waals surface area contributed by atoms with Crippen molar-refractivity contribution in [3.05, 3.63) is 47.5 Å². The second-order valence-electron chi connectivity index (χ2n) is 4.99. The van der Waals surface area contributed by atoms with Crippen molar-refractivity contribution >= 4 is 5.97 Å². The molecule has 104 valence electrons. The normalized spacial score (nSPS) is 20.7. The highest BCUT2D eigenvalue weighted by Crippen LogP contribution is 2.48. The molecule has 0 saturated heterocycles. The van der Waals surface area contributed by atoms with Gasteiger partial charge < -0.3 is 4.74 Å². The Kier molecular flexibility index (Phi) is 3.22. The Morgan fingerprint density at radius 2 is 2.20 bits per heavy atom. The monoisotopic (exact) mass is 275 g/mol. The van der Waals surface area contributed by atoms with Gasteiger partial charge in [0.2, 0.25) is 0 Å². The van der Waals surface area contributed by atoms with E-state index in [9.17, 15) is 9.18 Å². The maximum Gasteiger partial charge on any atom is 0.309 e. The van der Waals surface area contributed by atoms with Crippen LogP contribution in [0.5, 0.6) is 0 Å². The Morgan fingerprint density at radius 3 is 2.85 bits per heavy atom. The standard InChI is InChI=1S/C14H14FN3O2/c1-18-7-11(16-17-18)8-20-14(19)13-6-12(13)9-2-4-10(15)5-3-9/h2-5,7,12-13H,6,8H2,1H3/t12-,13+/m1/s1. The summed E-state index contributed by atoms with van der Waals surface area (Å²) in [6.07, 6.45) is 2.46. The van der Waals surface area contributed by atoms with Crippen LogP contribution in [0.4, 0.5) is 4.39 Å². The molecule has 1 fully saturated rings. The highest BCUT2D eigenvalue weighted by molar-refractivity contribution is 5.77. The van der Waals surface area contributed by atoms with Crippen LogP contribution in [0.3, 0.4) is 0 Å². The molecular weight excluding hydrogens is 261 g/mol. The number of benzene rings is 1. The fraction of sp³-hybridized carbons (Fsp3) is 0.357. The lowest BCUT2D eigenvalue weighted by Crippen LogP contribution is -2.08. The number of esters is 1. The maximum absolute atomic E-state index is 12.8. The molecule has 0 radical (unpaired) electrons. The molecule has 1 aliphatic rings. The molecule has 5 nitrogen and oxygen atoms in total. The van der Waals surface area contributed by atoms with E-state index in [1.165, 1.54) is 12.1 Å². The molecule has 0 spiro atoms. The SMILES string of the molecule is Cn1cc(COC(=O)[C@H]2C[C@@H]2c2ccc(F)cc2)nn1. The van der Waals surface area contributed by atoms with Crippen LogP contribution in [0.2, 0.25) is 0 Å². The van der Waals surface area contributed by atoms with E-state index in [0.29, 0.717) is 5.69 Å². The summed E-state index contributed by atoms with van der Waals surface area (Å²) in [5, 5.41) is 7.61. The first-order valence-corrected chi connectivity index (χ1v) is 6.41. The Labute approximate surface area is 115 Å². The molecule has 6 heteroatoms. The van der Waals surface area contributed by atoms with Gasteiger partial charge in [0.25, 0.3) is 0 Å². The molecule has 3 rings (SSSR count). The van der Waals surface area contributed by atoms with Crippen molar-refractivity contribution < 1.29 is 13.9 Å². The molecule has 1 heterocycles. The summed E-state index contributed by atoms with van der Waals surface area (Å²) < 4.78 is 19.6. The van der Waals surface area contributed by atoms with Crippen molar-refractivity contribution in [2.75, 3.05) is 0 Å². The van der Waals surface area contributed by atoms with E-state index in [-0.39, 0.29) is 30.2 Å². The molecule has 20 heavy (non-hydrogen) atoms.